The van der Waals surface area contributed by atoms with Crippen LogP contribution in [0.5, 0.6) is 5.75 Å². The molecular weight excluding hydrogens is 381 g/mol. The predicted molar refractivity (Wildman–Crippen MR) is 68.8 cm³/mol. The number of carbonyl (C=O) groups excluding carboxylic acids is 1. The minimum atomic E-state index is -5.13. The monoisotopic (exact) mass is 391 g/mol. The first-order valence-electron chi connectivity index (χ1n) is 5.96. The Kier molecular flexibility index (Phi) is 6.51. The van der Waals surface area contributed by atoms with Crippen LogP contribution in [-0.4, -0.2) is 23.9 Å². The molecular formula is C12H11BrF5NO3. The number of rotatable bonds is 6. The number of aromatic nitrogens is 1. The molecule has 0 bridgehead atoms. The predicted octanol–water partition coefficient (Wildman–Crippen LogP) is 3.92. The topological polar surface area (TPSA) is 48.4 Å². The Bertz CT molecular complexity index is 536. The summed E-state index contributed by atoms with van der Waals surface area (Å²) in [6.45, 7) is 1.64. The zero-order valence-corrected chi connectivity index (χ0v) is 12.8. The largest absolute Gasteiger partial charge is 0.573 e. The Morgan fingerprint density at radius 3 is 2.50 bits per heavy atom. The molecule has 0 amide bonds. The molecule has 0 radical (unpaired) electrons. The normalized spacial score (nSPS) is 11.6. The highest BCUT2D eigenvalue weighted by Gasteiger charge is 2.34. The molecule has 0 aromatic carbocycles. The molecule has 0 saturated carbocycles. The average molecular weight is 392 g/mol. The fraction of sp³-hybridized carbons (Fsp3) is 0.500. The maximum absolute atomic E-state index is 12.9. The summed E-state index contributed by atoms with van der Waals surface area (Å²) in [5.74, 6) is -1.81. The molecule has 0 saturated heterocycles. The number of nitrogens with zero attached hydrogens (tertiary/aromatic N) is 1. The average Bonchev–Trinajstić information content (AvgIpc) is 2.38. The van der Waals surface area contributed by atoms with Crippen LogP contribution in [0.1, 0.15) is 30.3 Å². The summed E-state index contributed by atoms with van der Waals surface area (Å²) in [5, 5.41) is 0.00642. The van der Waals surface area contributed by atoms with Crippen molar-refractivity contribution in [3.8, 4) is 5.75 Å². The van der Waals surface area contributed by atoms with E-state index in [0.29, 0.717) is 0 Å². The maximum atomic E-state index is 12.9. The number of ether oxygens (including phenoxy) is 2. The Morgan fingerprint density at radius 1 is 1.41 bits per heavy atom. The Hall–Kier alpha value is -1.45. The molecule has 0 atom stereocenters. The van der Waals surface area contributed by atoms with Gasteiger partial charge in [-0.15, -0.1) is 13.2 Å². The zero-order chi connectivity index (χ0) is 16.9. The van der Waals surface area contributed by atoms with Crippen LogP contribution in [0.25, 0.3) is 0 Å². The van der Waals surface area contributed by atoms with E-state index >= 15 is 0 Å². The van der Waals surface area contributed by atoms with E-state index in [1.54, 1.807) is 6.92 Å². The second kappa shape index (κ2) is 7.70. The molecule has 0 aliphatic rings. The minimum absolute atomic E-state index is 0.00642. The molecule has 22 heavy (non-hydrogen) atoms. The summed E-state index contributed by atoms with van der Waals surface area (Å²) in [5.41, 5.74) is -1.15. The van der Waals surface area contributed by atoms with E-state index in [0.717, 1.165) is 6.07 Å². The number of halogens is 6. The first-order chi connectivity index (χ1) is 10.2. The van der Waals surface area contributed by atoms with Crippen LogP contribution in [0.15, 0.2) is 6.07 Å². The molecule has 0 aliphatic heterocycles. The van der Waals surface area contributed by atoms with Crippen molar-refractivity contribution in [2.45, 2.75) is 31.5 Å². The van der Waals surface area contributed by atoms with Crippen molar-refractivity contribution < 1.29 is 36.2 Å². The van der Waals surface area contributed by atoms with Gasteiger partial charge in [0.05, 0.1) is 18.7 Å². The zero-order valence-electron chi connectivity index (χ0n) is 11.2. The lowest BCUT2D eigenvalue weighted by atomic mass is 10.1. The number of esters is 1. The Balaban J connectivity index is 3.24. The molecule has 0 fully saturated rings. The fourth-order valence-electron chi connectivity index (χ4n) is 1.57. The van der Waals surface area contributed by atoms with Gasteiger partial charge in [0.2, 0.25) is 0 Å². The van der Waals surface area contributed by atoms with Crippen LogP contribution in [0.4, 0.5) is 22.0 Å². The number of pyridine rings is 1. The molecule has 10 heteroatoms. The van der Waals surface area contributed by atoms with Gasteiger partial charge >= 0.3 is 12.3 Å². The van der Waals surface area contributed by atoms with E-state index in [2.05, 4.69) is 30.4 Å². The van der Waals surface area contributed by atoms with E-state index in [1.807, 2.05) is 0 Å². The number of carbonyl (C=O) groups is 1. The molecule has 4 nitrogen and oxygen atoms in total. The second-order valence-corrected chi connectivity index (χ2v) is 4.50. The van der Waals surface area contributed by atoms with E-state index in [-0.39, 0.29) is 23.2 Å². The summed E-state index contributed by atoms with van der Waals surface area (Å²) < 4.78 is 70.7. The van der Waals surface area contributed by atoms with Crippen molar-refractivity contribution in [2.75, 3.05) is 6.61 Å². The van der Waals surface area contributed by atoms with Crippen LogP contribution in [-0.2, 0) is 21.3 Å². The fourth-order valence-corrected chi connectivity index (χ4v) is 2.05. The highest BCUT2D eigenvalue weighted by Crippen LogP contribution is 2.34. The van der Waals surface area contributed by atoms with Gasteiger partial charge in [0, 0.05) is 5.33 Å². The lowest BCUT2D eigenvalue weighted by molar-refractivity contribution is -0.275. The minimum Gasteiger partial charge on any atom is -0.466 e. The van der Waals surface area contributed by atoms with Gasteiger partial charge in [-0.25, -0.2) is 13.8 Å². The van der Waals surface area contributed by atoms with Gasteiger partial charge in [-0.3, -0.25) is 4.79 Å². The second-order valence-electron chi connectivity index (χ2n) is 3.94. The van der Waals surface area contributed by atoms with Crippen molar-refractivity contribution in [2.24, 2.45) is 0 Å². The number of hydrogen-bond donors (Lipinski definition) is 0. The lowest BCUT2D eigenvalue weighted by Crippen LogP contribution is -2.20. The number of alkyl halides is 6. The van der Waals surface area contributed by atoms with Crippen molar-refractivity contribution in [1.82, 2.24) is 4.98 Å². The quantitative estimate of drug-likeness (QED) is 0.419. The van der Waals surface area contributed by atoms with Gasteiger partial charge in [-0.2, -0.15) is 0 Å². The summed E-state index contributed by atoms with van der Waals surface area (Å²) in [6.07, 6.45) is -8.85. The summed E-state index contributed by atoms with van der Waals surface area (Å²) >= 11 is 3.00. The van der Waals surface area contributed by atoms with E-state index in [9.17, 15) is 26.7 Å². The standard InChI is InChI=1S/C12H11BrF5NO3/c1-2-21-9(20)4-7-6(5-13)3-8(22-12(16,17)18)10(19-7)11(14)15/h3,11H,2,4-5H2,1H3. The number of hydrogen-bond acceptors (Lipinski definition) is 4. The SMILES string of the molecule is CCOC(=O)Cc1nc(C(F)F)c(OC(F)(F)F)cc1CBr. The lowest BCUT2D eigenvalue weighted by Gasteiger charge is -2.15. The van der Waals surface area contributed by atoms with Gasteiger partial charge in [0.1, 0.15) is 5.69 Å². The van der Waals surface area contributed by atoms with Crippen LogP contribution >= 0.6 is 15.9 Å². The molecule has 124 valence electrons. The van der Waals surface area contributed by atoms with Gasteiger partial charge in [0.15, 0.2) is 5.75 Å². The van der Waals surface area contributed by atoms with Crippen LogP contribution < -0.4 is 4.74 Å². The van der Waals surface area contributed by atoms with Crippen LogP contribution in [0.3, 0.4) is 0 Å². The van der Waals surface area contributed by atoms with Gasteiger partial charge in [0.25, 0.3) is 6.43 Å². The van der Waals surface area contributed by atoms with Gasteiger partial charge < -0.3 is 9.47 Å². The molecule has 1 aromatic rings. The Labute approximate surface area is 130 Å². The van der Waals surface area contributed by atoms with E-state index in [4.69, 9.17) is 0 Å². The Morgan fingerprint density at radius 2 is 2.05 bits per heavy atom. The van der Waals surface area contributed by atoms with Crippen LogP contribution in [0, 0.1) is 0 Å². The van der Waals surface area contributed by atoms with E-state index in [1.165, 1.54) is 0 Å². The third-order valence-corrected chi connectivity index (χ3v) is 2.98. The first kappa shape index (κ1) is 18.6. The van der Waals surface area contributed by atoms with Gasteiger partial charge in [-0.05, 0) is 18.6 Å². The highest BCUT2D eigenvalue weighted by atomic mass is 79.9. The van der Waals surface area contributed by atoms with E-state index < -0.39 is 36.6 Å². The summed E-state index contributed by atoms with van der Waals surface area (Å²) in [7, 11) is 0. The molecule has 1 aromatic heterocycles. The van der Waals surface area contributed by atoms with Crippen molar-refractivity contribution in [3.63, 3.8) is 0 Å². The first-order valence-corrected chi connectivity index (χ1v) is 7.08. The molecule has 0 N–H and O–H groups in total. The molecule has 0 unspecified atom stereocenters. The van der Waals surface area contributed by atoms with Crippen molar-refractivity contribution in [3.05, 3.63) is 23.0 Å². The molecule has 0 aliphatic carbocycles. The van der Waals surface area contributed by atoms with Gasteiger partial charge in [-0.1, -0.05) is 15.9 Å². The smallest absolute Gasteiger partial charge is 0.466 e. The molecule has 0 spiro atoms. The highest BCUT2D eigenvalue weighted by molar-refractivity contribution is 9.08. The van der Waals surface area contributed by atoms with Crippen LogP contribution in [0.2, 0.25) is 0 Å². The summed E-state index contributed by atoms with van der Waals surface area (Å²) in [6, 6.07) is 0.783. The van der Waals surface area contributed by atoms with Crippen molar-refractivity contribution >= 4 is 21.9 Å². The molecule has 1 rings (SSSR count). The summed E-state index contributed by atoms with van der Waals surface area (Å²) in [4.78, 5) is 14.8. The van der Waals surface area contributed by atoms with Crippen molar-refractivity contribution in [1.29, 1.82) is 0 Å². The maximum Gasteiger partial charge on any atom is 0.573 e. The third kappa shape index (κ3) is 5.39. The molecule has 1 heterocycles. The third-order valence-electron chi connectivity index (χ3n) is 2.38.